The number of H-pyrrole nitrogens is 1. The van der Waals surface area contributed by atoms with Crippen molar-refractivity contribution in [2.24, 2.45) is 0 Å². The van der Waals surface area contributed by atoms with E-state index in [0.29, 0.717) is 5.69 Å². The summed E-state index contributed by atoms with van der Waals surface area (Å²) in [6.45, 7) is 0. The van der Waals surface area contributed by atoms with Crippen molar-refractivity contribution in [2.45, 2.75) is 25.7 Å². The lowest BCUT2D eigenvalue weighted by Crippen LogP contribution is -2.19. The van der Waals surface area contributed by atoms with Crippen molar-refractivity contribution in [1.29, 1.82) is 0 Å². The lowest BCUT2D eigenvalue weighted by atomic mass is 9.90. The summed E-state index contributed by atoms with van der Waals surface area (Å²) in [6.07, 6.45) is 7.27. The van der Waals surface area contributed by atoms with Crippen molar-refractivity contribution in [3.8, 4) is 0 Å². The number of hydrogen-bond acceptors (Lipinski definition) is 2. The highest BCUT2D eigenvalue weighted by Gasteiger charge is 2.16. The van der Waals surface area contributed by atoms with Gasteiger partial charge in [0.2, 0.25) is 5.91 Å². The number of aromatic amines is 1. The van der Waals surface area contributed by atoms with Crippen LogP contribution in [0, 0.1) is 0 Å². The van der Waals surface area contributed by atoms with Crippen LogP contribution in [0.4, 0.5) is 5.69 Å². The van der Waals surface area contributed by atoms with Crippen LogP contribution in [0.2, 0.25) is 0 Å². The normalized spacial score (nSPS) is 13.7. The van der Waals surface area contributed by atoms with E-state index in [2.05, 4.69) is 10.3 Å². The summed E-state index contributed by atoms with van der Waals surface area (Å²) in [5, 5.41) is 3.94. The van der Waals surface area contributed by atoms with Crippen LogP contribution in [0.15, 0.2) is 59.4 Å². The first-order chi connectivity index (χ1) is 12.7. The molecule has 2 N–H and O–H groups in total. The second-order valence-electron chi connectivity index (χ2n) is 6.61. The Morgan fingerprint density at radius 2 is 1.77 bits per heavy atom. The lowest BCUT2D eigenvalue weighted by Gasteiger charge is -2.17. The van der Waals surface area contributed by atoms with Crippen molar-refractivity contribution in [3.63, 3.8) is 0 Å². The van der Waals surface area contributed by atoms with Crippen molar-refractivity contribution in [3.05, 3.63) is 81.7 Å². The summed E-state index contributed by atoms with van der Waals surface area (Å²) < 4.78 is 0. The largest absolute Gasteiger partial charge is 0.322 e. The monoisotopic (exact) mass is 344 g/mol. The zero-order valence-electron chi connectivity index (χ0n) is 14.4. The molecule has 1 amide bonds. The molecule has 0 saturated carbocycles. The molecular formula is C22H20N2O2. The predicted octanol–water partition coefficient (Wildman–Crippen LogP) is 4.06. The Balaban J connectivity index is 1.59. The molecule has 0 saturated heterocycles. The summed E-state index contributed by atoms with van der Waals surface area (Å²) >= 11 is 0. The minimum Gasteiger partial charge on any atom is -0.322 e. The highest BCUT2D eigenvalue weighted by molar-refractivity contribution is 6.03. The fraction of sp³-hybridized carbons (Fsp3) is 0.182. The summed E-state index contributed by atoms with van der Waals surface area (Å²) in [7, 11) is 0. The van der Waals surface area contributed by atoms with Crippen LogP contribution in [-0.4, -0.2) is 10.9 Å². The maximum atomic E-state index is 12.3. The third kappa shape index (κ3) is 3.31. The fourth-order valence-electron chi connectivity index (χ4n) is 3.56. The Bertz CT molecular complexity index is 1050. The van der Waals surface area contributed by atoms with Gasteiger partial charge in [-0.25, -0.2) is 0 Å². The van der Waals surface area contributed by atoms with Gasteiger partial charge in [-0.15, -0.1) is 0 Å². The van der Waals surface area contributed by atoms with Gasteiger partial charge in [0, 0.05) is 22.7 Å². The van der Waals surface area contributed by atoms with E-state index in [9.17, 15) is 9.59 Å². The average molecular weight is 344 g/mol. The van der Waals surface area contributed by atoms with E-state index >= 15 is 0 Å². The molecule has 1 aromatic heterocycles. The first kappa shape index (κ1) is 16.3. The molecule has 1 heterocycles. The number of carbonyl (C=O) groups is 1. The fourth-order valence-corrected chi connectivity index (χ4v) is 3.56. The van der Waals surface area contributed by atoms with E-state index in [-0.39, 0.29) is 11.5 Å². The summed E-state index contributed by atoms with van der Waals surface area (Å²) in [5.74, 6) is -0.200. The van der Waals surface area contributed by atoms with Crippen LogP contribution >= 0.6 is 0 Å². The number of rotatable bonds is 3. The molecule has 2 aromatic carbocycles. The molecule has 1 aliphatic carbocycles. The Morgan fingerprint density at radius 3 is 2.58 bits per heavy atom. The Morgan fingerprint density at radius 1 is 1.00 bits per heavy atom. The third-order valence-electron chi connectivity index (χ3n) is 4.83. The smallest absolute Gasteiger partial charge is 0.251 e. The number of anilines is 1. The molecule has 1 aliphatic rings. The standard InChI is InChI=1S/C22H20N2O2/c25-21(13-10-15-6-2-1-3-7-15)23-16-11-12-18-17-8-4-5-9-19(17)22(26)24-20(18)14-16/h1-3,6-7,10-14H,4-5,8-9H2,(H,23,25)(H,24,26)/b13-10-. The van der Waals surface area contributed by atoms with E-state index in [1.165, 1.54) is 6.08 Å². The van der Waals surface area contributed by atoms with Gasteiger partial charge in [0.1, 0.15) is 0 Å². The van der Waals surface area contributed by atoms with E-state index in [1.807, 2.05) is 48.5 Å². The Labute approximate surface area is 151 Å². The molecule has 4 heteroatoms. The highest BCUT2D eigenvalue weighted by Crippen LogP contribution is 2.27. The zero-order valence-corrected chi connectivity index (χ0v) is 14.4. The number of carbonyl (C=O) groups excluding carboxylic acids is 1. The van der Waals surface area contributed by atoms with Crippen LogP contribution in [0.3, 0.4) is 0 Å². The molecule has 0 bridgehead atoms. The van der Waals surface area contributed by atoms with Gasteiger partial charge in [-0.1, -0.05) is 36.4 Å². The number of aryl methyl sites for hydroxylation is 1. The van der Waals surface area contributed by atoms with Gasteiger partial charge in [0.15, 0.2) is 0 Å². The number of hydrogen-bond donors (Lipinski definition) is 2. The molecule has 4 rings (SSSR count). The Kier molecular flexibility index (Phi) is 4.40. The van der Waals surface area contributed by atoms with Gasteiger partial charge < -0.3 is 10.3 Å². The highest BCUT2D eigenvalue weighted by atomic mass is 16.1. The summed E-state index contributed by atoms with van der Waals surface area (Å²) in [6, 6.07) is 15.4. The van der Waals surface area contributed by atoms with Crippen molar-refractivity contribution >= 4 is 28.6 Å². The van der Waals surface area contributed by atoms with Crippen molar-refractivity contribution < 1.29 is 4.79 Å². The molecular weight excluding hydrogens is 324 g/mol. The van der Waals surface area contributed by atoms with E-state index in [0.717, 1.165) is 53.3 Å². The quantitative estimate of drug-likeness (QED) is 0.704. The first-order valence-electron chi connectivity index (χ1n) is 8.92. The van der Waals surface area contributed by atoms with Crippen LogP contribution in [0.1, 0.15) is 29.5 Å². The van der Waals surface area contributed by atoms with Crippen LogP contribution in [0.5, 0.6) is 0 Å². The van der Waals surface area contributed by atoms with Gasteiger partial charge in [-0.3, -0.25) is 9.59 Å². The minimum absolute atomic E-state index is 0.000324. The molecule has 0 fully saturated rings. The Hall–Kier alpha value is -3.14. The molecule has 4 nitrogen and oxygen atoms in total. The van der Waals surface area contributed by atoms with E-state index in [4.69, 9.17) is 0 Å². The molecule has 0 atom stereocenters. The van der Waals surface area contributed by atoms with Crippen molar-refractivity contribution in [1.82, 2.24) is 4.98 Å². The minimum atomic E-state index is -0.200. The van der Waals surface area contributed by atoms with Crippen LogP contribution < -0.4 is 10.9 Å². The molecule has 0 unspecified atom stereocenters. The number of pyridine rings is 1. The molecule has 3 aromatic rings. The van der Waals surface area contributed by atoms with E-state index in [1.54, 1.807) is 6.08 Å². The molecule has 26 heavy (non-hydrogen) atoms. The number of nitrogens with one attached hydrogen (secondary N) is 2. The molecule has 0 radical (unpaired) electrons. The van der Waals surface area contributed by atoms with E-state index < -0.39 is 0 Å². The van der Waals surface area contributed by atoms with Crippen LogP contribution in [0.25, 0.3) is 17.0 Å². The van der Waals surface area contributed by atoms with Gasteiger partial charge in [-0.05, 0) is 55.0 Å². The van der Waals surface area contributed by atoms with Crippen molar-refractivity contribution in [2.75, 3.05) is 5.32 Å². The molecule has 0 spiro atoms. The summed E-state index contributed by atoms with van der Waals surface area (Å²) in [5.41, 5.74) is 4.51. The maximum Gasteiger partial charge on any atom is 0.251 e. The number of amides is 1. The summed E-state index contributed by atoms with van der Waals surface area (Å²) in [4.78, 5) is 27.4. The second-order valence-corrected chi connectivity index (χ2v) is 6.61. The third-order valence-corrected chi connectivity index (χ3v) is 4.83. The lowest BCUT2D eigenvalue weighted by molar-refractivity contribution is -0.111. The number of aromatic nitrogens is 1. The first-order valence-corrected chi connectivity index (χ1v) is 8.92. The zero-order chi connectivity index (χ0) is 17.9. The number of benzene rings is 2. The van der Waals surface area contributed by atoms with Gasteiger partial charge in [0.25, 0.3) is 5.56 Å². The average Bonchev–Trinajstić information content (AvgIpc) is 2.67. The van der Waals surface area contributed by atoms with Crippen LogP contribution in [-0.2, 0) is 17.6 Å². The molecule has 0 aliphatic heterocycles. The predicted molar refractivity (Wildman–Crippen MR) is 105 cm³/mol. The maximum absolute atomic E-state index is 12.3. The van der Waals surface area contributed by atoms with Gasteiger partial charge >= 0.3 is 0 Å². The van der Waals surface area contributed by atoms with Gasteiger partial charge in [0.05, 0.1) is 5.52 Å². The number of fused-ring (bicyclic) bond motifs is 3. The van der Waals surface area contributed by atoms with Gasteiger partial charge in [-0.2, -0.15) is 0 Å². The SMILES string of the molecule is O=C(/C=C\c1ccccc1)Nc1ccc2c3c(c(=O)[nH]c2c1)CCCC3. The second kappa shape index (κ2) is 7.00. The molecule has 130 valence electrons. The topological polar surface area (TPSA) is 62.0 Å².